The van der Waals surface area contributed by atoms with Crippen molar-refractivity contribution in [1.29, 1.82) is 0 Å². The summed E-state index contributed by atoms with van der Waals surface area (Å²) in [5.74, 6) is 0. The number of hydrogen-bond acceptors (Lipinski definition) is 1. The summed E-state index contributed by atoms with van der Waals surface area (Å²) in [5.41, 5.74) is 2.36. The molecule has 2 heteroatoms. The highest BCUT2D eigenvalue weighted by molar-refractivity contribution is 9.10. The molecular formula is C11H13BrO. The molecule has 0 heterocycles. The molecule has 0 unspecified atom stereocenters. The lowest BCUT2D eigenvalue weighted by Crippen LogP contribution is -1.85. The van der Waals surface area contributed by atoms with E-state index in [1.54, 1.807) is 0 Å². The molecule has 1 nitrogen and oxygen atoms in total. The van der Waals surface area contributed by atoms with Crippen LogP contribution in [0.3, 0.4) is 0 Å². The third kappa shape index (κ3) is 2.98. The molecule has 0 saturated heterocycles. The van der Waals surface area contributed by atoms with Crippen molar-refractivity contribution in [3.8, 4) is 0 Å². The summed E-state index contributed by atoms with van der Waals surface area (Å²) in [5, 5.41) is 8.81. The van der Waals surface area contributed by atoms with Crippen LogP contribution in [0.4, 0.5) is 0 Å². The van der Waals surface area contributed by atoms with E-state index in [-0.39, 0.29) is 6.61 Å². The molecule has 1 N–H and O–H groups in total. The summed E-state index contributed by atoms with van der Waals surface area (Å²) in [6.45, 7) is 2.19. The summed E-state index contributed by atoms with van der Waals surface area (Å²) in [4.78, 5) is 0. The zero-order chi connectivity index (χ0) is 9.68. The first-order valence-electron chi connectivity index (χ1n) is 4.33. The molecule has 0 aliphatic carbocycles. The molecule has 0 aromatic heterocycles. The minimum atomic E-state index is 0.107. The molecule has 1 rings (SSSR count). The van der Waals surface area contributed by atoms with Crippen LogP contribution in [-0.4, -0.2) is 11.7 Å². The van der Waals surface area contributed by atoms with Crippen LogP contribution in [0.15, 0.2) is 34.8 Å². The van der Waals surface area contributed by atoms with Crippen LogP contribution in [0.5, 0.6) is 0 Å². The van der Waals surface area contributed by atoms with Gasteiger partial charge in [0, 0.05) is 4.47 Å². The van der Waals surface area contributed by atoms with Gasteiger partial charge in [-0.1, -0.05) is 41.1 Å². The van der Waals surface area contributed by atoms with Crippen molar-refractivity contribution in [3.63, 3.8) is 0 Å². The number of halogens is 1. The summed E-state index contributed by atoms with van der Waals surface area (Å²) in [7, 11) is 0. The number of allylic oxidation sites excluding steroid dienone is 1. The number of benzene rings is 1. The fourth-order valence-corrected chi connectivity index (χ4v) is 1.66. The highest BCUT2D eigenvalue weighted by Gasteiger charge is 1.98. The van der Waals surface area contributed by atoms with Crippen molar-refractivity contribution in [2.45, 2.75) is 13.3 Å². The van der Waals surface area contributed by atoms with Crippen molar-refractivity contribution in [3.05, 3.63) is 40.4 Å². The van der Waals surface area contributed by atoms with Crippen molar-refractivity contribution >= 4 is 21.5 Å². The van der Waals surface area contributed by atoms with Gasteiger partial charge in [-0.3, -0.25) is 0 Å². The van der Waals surface area contributed by atoms with Gasteiger partial charge in [0.2, 0.25) is 0 Å². The van der Waals surface area contributed by atoms with Gasteiger partial charge in [-0.15, -0.1) is 0 Å². The molecule has 1 aromatic carbocycles. The molecule has 0 aliphatic rings. The number of hydrogen-bond donors (Lipinski definition) is 1. The van der Waals surface area contributed by atoms with Gasteiger partial charge in [0.15, 0.2) is 0 Å². The Bertz CT molecular complexity index is 305. The maximum absolute atomic E-state index is 8.81. The maximum Gasteiger partial charge on any atom is 0.0618 e. The van der Waals surface area contributed by atoms with E-state index >= 15 is 0 Å². The molecular weight excluding hydrogens is 228 g/mol. The molecule has 70 valence electrons. The van der Waals surface area contributed by atoms with Crippen LogP contribution < -0.4 is 0 Å². The van der Waals surface area contributed by atoms with Gasteiger partial charge in [0.1, 0.15) is 0 Å². The van der Waals surface area contributed by atoms with E-state index in [2.05, 4.69) is 35.0 Å². The van der Waals surface area contributed by atoms with Crippen LogP contribution in [0, 0.1) is 0 Å². The third-order valence-electron chi connectivity index (χ3n) is 1.91. The van der Waals surface area contributed by atoms with Crippen molar-refractivity contribution in [1.82, 2.24) is 0 Å². The van der Waals surface area contributed by atoms with Gasteiger partial charge < -0.3 is 5.11 Å². The zero-order valence-electron chi connectivity index (χ0n) is 7.63. The fraction of sp³-hybridized carbons (Fsp3) is 0.273. The highest BCUT2D eigenvalue weighted by Crippen LogP contribution is 2.21. The highest BCUT2D eigenvalue weighted by atomic mass is 79.9. The van der Waals surface area contributed by atoms with Gasteiger partial charge in [0.25, 0.3) is 0 Å². The normalized spacial score (nSPS) is 11.8. The van der Waals surface area contributed by atoms with E-state index in [1.807, 2.05) is 18.2 Å². The van der Waals surface area contributed by atoms with E-state index in [9.17, 15) is 0 Å². The number of aliphatic hydroxyl groups is 1. The molecule has 0 spiro atoms. The first-order chi connectivity index (χ1) is 6.27. The lowest BCUT2D eigenvalue weighted by molar-refractivity contribution is 0.343. The molecule has 0 amide bonds. The quantitative estimate of drug-likeness (QED) is 0.861. The van der Waals surface area contributed by atoms with Gasteiger partial charge >= 0.3 is 0 Å². The molecule has 13 heavy (non-hydrogen) atoms. The monoisotopic (exact) mass is 240 g/mol. The molecule has 1 aromatic rings. The van der Waals surface area contributed by atoms with Crippen molar-refractivity contribution < 1.29 is 5.11 Å². The molecule has 0 bridgehead atoms. The van der Waals surface area contributed by atoms with Crippen LogP contribution in [0.25, 0.3) is 5.57 Å². The first kappa shape index (κ1) is 10.5. The van der Waals surface area contributed by atoms with E-state index in [0.29, 0.717) is 0 Å². The predicted octanol–water partition coefficient (Wildman–Crippen LogP) is 3.23. The predicted molar refractivity (Wildman–Crippen MR) is 59.5 cm³/mol. The van der Waals surface area contributed by atoms with Crippen LogP contribution in [0.1, 0.15) is 18.9 Å². The minimum Gasteiger partial charge on any atom is -0.392 e. The van der Waals surface area contributed by atoms with E-state index < -0.39 is 0 Å². The number of aliphatic hydroxyl groups excluding tert-OH is 1. The van der Waals surface area contributed by atoms with Crippen LogP contribution in [0.2, 0.25) is 0 Å². The van der Waals surface area contributed by atoms with Crippen LogP contribution >= 0.6 is 15.9 Å². The summed E-state index contributed by atoms with van der Waals surface area (Å²) < 4.78 is 1.07. The minimum absolute atomic E-state index is 0.107. The fourth-order valence-electron chi connectivity index (χ4n) is 1.26. The van der Waals surface area contributed by atoms with Gasteiger partial charge in [0.05, 0.1) is 6.61 Å². The zero-order valence-corrected chi connectivity index (χ0v) is 9.21. The lowest BCUT2D eigenvalue weighted by atomic mass is 10.0. The Morgan fingerprint density at radius 3 is 2.85 bits per heavy atom. The summed E-state index contributed by atoms with van der Waals surface area (Å²) in [6.07, 6.45) is 2.79. The topological polar surface area (TPSA) is 20.2 Å². The average Bonchev–Trinajstić information content (AvgIpc) is 2.14. The Balaban J connectivity index is 2.98. The Labute approximate surface area is 87.2 Å². The van der Waals surface area contributed by atoms with Gasteiger partial charge in [-0.05, 0) is 29.7 Å². The Morgan fingerprint density at radius 2 is 2.31 bits per heavy atom. The average molecular weight is 241 g/mol. The van der Waals surface area contributed by atoms with Crippen molar-refractivity contribution in [2.75, 3.05) is 6.61 Å². The molecule has 0 aliphatic heterocycles. The van der Waals surface area contributed by atoms with Crippen molar-refractivity contribution in [2.24, 2.45) is 0 Å². The largest absolute Gasteiger partial charge is 0.392 e. The second kappa shape index (κ2) is 5.20. The second-order valence-corrected chi connectivity index (χ2v) is 3.69. The van der Waals surface area contributed by atoms with E-state index in [0.717, 1.165) is 10.9 Å². The molecule has 0 radical (unpaired) electrons. The summed E-state index contributed by atoms with van der Waals surface area (Å²) >= 11 is 3.42. The first-order valence-corrected chi connectivity index (χ1v) is 5.13. The Kier molecular flexibility index (Phi) is 4.19. The maximum atomic E-state index is 8.81. The molecule has 0 saturated carbocycles. The van der Waals surface area contributed by atoms with Gasteiger partial charge in [-0.2, -0.15) is 0 Å². The number of rotatable bonds is 3. The Hall–Kier alpha value is -0.600. The standard InChI is InChI=1S/C11H13BrO/c1-2-9(6-7-13)10-4-3-5-11(12)8-10/h3-6,8,13H,2,7H2,1H3/b9-6-. The smallest absolute Gasteiger partial charge is 0.0618 e. The Morgan fingerprint density at radius 1 is 1.54 bits per heavy atom. The van der Waals surface area contributed by atoms with E-state index in [4.69, 9.17) is 5.11 Å². The molecule has 0 atom stereocenters. The second-order valence-electron chi connectivity index (χ2n) is 2.78. The summed E-state index contributed by atoms with van der Waals surface area (Å²) in [6, 6.07) is 8.11. The third-order valence-corrected chi connectivity index (χ3v) is 2.41. The van der Waals surface area contributed by atoms with Gasteiger partial charge in [-0.25, -0.2) is 0 Å². The lowest BCUT2D eigenvalue weighted by Gasteiger charge is -2.04. The van der Waals surface area contributed by atoms with E-state index in [1.165, 1.54) is 11.1 Å². The molecule has 0 fully saturated rings. The van der Waals surface area contributed by atoms with Crippen LogP contribution in [-0.2, 0) is 0 Å². The SMILES string of the molecule is CC/C(=C/CO)c1cccc(Br)c1.